The van der Waals surface area contributed by atoms with E-state index in [1.165, 1.54) is 12.4 Å². The van der Waals surface area contributed by atoms with Crippen molar-refractivity contribution in [2.45, 2.75) is 0 Å². The second-order valence-electron chi connectivity index (χ2n) is 2.72. The molecule has 15 heavy (non-hydrogen) atoms. The lowest BCUT2D eigenvalue weighted by molar-refractivity contribution is 0.318. The molecule has 0 saturated carbocycles. The van der Waals surface area contributed by atoms with E-state index in [4.69, 9.17) is 10.9 Å². The fourth-order valence-corrected chi connectivity index (χ4v) is 1.03. The number of imidazole rings is 1. The summed E-state index contributed by atoms with van der Waals surface area (Å²) in [4.78, 5) is 11.9. The molecule has 2 aromatic rings. The molecule has 0 bridgehead atoms. The zero-order chi connectivity index (χ0) is 10.7. The molecular formula is C8H8N6O. The average molecular weight is 204 g/mol. The molecule has 0 saturated heterocycles. The van der Waals surface area contributed by atoms with Crippen molar-refractivity contribution < 1.29 is 5.21 Å². The van der Waals surface area contributed by atoms with E-state index >= 15 is 0 Å². The van der Waals surface area contributed by atoms with Crippen molar-refractivity contribution >= 4 is 5.84 Å². The van der Waals surface area contributed by atoms with Crippen LogP contribution in [0.3, 0.4) is 0 Å². The van der Waals surface area contributed by atoms with Crippen molar-refractivity contribution in [1.82, 2.24) is 19.5 Å². The van der Waals surface area contributed by atoms with Crippen LogP contribution < -0.4 is 5.73 Å². The normalized spacial score (nSPS) is 11.6. The van der Waals surface area contributed by atoms with Gasteiger partial charge < -0.3 is 10.9 Å². The van der Waals surface area contributed by atoms with E-state index in [0.29, 0.717) is 11.5 Å². The van der Waals surface area contributed by atoms with Crippen LogP contribution in [0.15, 0.2) is 36.3 Å². The highest BCUT2D eigenvalue weighted by Crippen LogP contribution is 2.01. The Morgan fingerprint density at radius 1 is 1.40 bits per heavy atom. The topological polar surface area (TPSA) is 102 Å². The summed E-state index contributed by atoms with van der Waals surface area (Å²) in [5, 5.41) is 11.2. The van der Waals surface area contributed by atoms with E-state index in [2.05, 4.69) is 20.1 Å². The van der Waals surface area contributed by atoms with Crippen LogP contribution in [0.5, 0.6) is 0 Å². The third-order valence-electron chi connectivity index (χ3n) is 1.78. The van der Waals surface area contributed by atoms with Gasteiger partial charge in [-0.2, -0.15) is 0 Å². The minimum atomic E-state index is -0.0697. The minimum Gasteiger partial charge on any atom is -0.409 e. The molecule has 7 nitrogen and oxygen atoms in total. The lowest BCUT2D eigenvalue weighted by atomic mass is 10.4. The fraction of sp³-hybridized carbons (Fsp3) is 0. The number of nitrogens with two attached hydrogens (primary N) is 1. The third kappa shape index (κ3) is 1.75. The predicted molar refractivity (Wildman–Crippen MR) is 51.7 cm³/mol. The molecule has 7 heteroatoms. The molecular weight excluding hydrogens is 196 g/mol. The van der Waals surface area contributed by atoms with Gasteiger partial charge in [-0.1, -0.05) is 5.16 Å². The SMILES string of the molecule is NC(=NO)c1cnc(-n2ccnc2)cn1. The zero-order valence-electron chi connectivity index (χ0n) is 7.65. The molecule has 0 fully saturated rings. The smallest absolute Gasteiger partial charge is 0.190 e. The van der Waals surface area contributed by atoms with Gasteiger partial charge in [0.05, 0.1) is 12.4 Å². The molecule has 0 spiro atoms. The lowest BCUT2D eigenvalue weighted by Gasteiger charge is -2.01. The second kappa shape index (κ2) is 3.74. The van der Waals surface area contributed by atoms with Gasteiger partial charge >= 0.3 is 0 Å². The van der Waals surface area contributed by atoms with Crippen LogP contribution in [0.4, 0.5) is 0 Å². The van der Waals surface area contributed by atoms with Gasteiger partial charge in [0.1, 0.15) is 12.0 Å². The van der Waals surface area contributed by atoms with Crippen LogP contribution >= 0.6 is 0 Å². The molecule has 0 aliphatic carbocycles. The van der Waals surface area contributed by atoms with Gasteiger partial charge in [-0.25, -0.2) is 15.0 Å². The largest absolute Gasteiger partial charge is 0.409 e. The van der Waals surface area contributed by atoms with Crippen molar-refractivity contribution in [1.29, 1.82) is 0 Å². The summed E-state index contributed by atoms with van der Waals surface area (Å²) in [6, 6.07) is 0. The van der Waals surface area contributed by atoms with E-state index in [9.17, 15) is 0 Å². The van der Waals surface area contributed by atoms with E-state index in [-0.39, 0.29) is 5.84 Å². The standard InChI is InChI=1S/C8H8N6O/c9-8(13-15)6-3-12-7(4-11-6)14-2-1-10-5-14/h1-5,15H,(H2,9,13). The van der Waals surface area contributed by atoms with Crippen molar-refractivity contribution in [3.63, 3.8) is 0 Å². The summed E-state index contributed by atoms with van der Waals surface area (Å²) >= 11 is 0. The van der Waals surface area contributed by atoms with Crippen molar-refractivity contribution in [2.24, 2.45) is 10.9 Å². The third-order valence-corrected chi connectivity index (χ3v) is 1.78. The summed E-state index contributed by atoms with van der Waals surface area (Å²) in [7, 11) is 0. The molecule has 76 valence electrons. The Balaban J connectivity index is 2.33. The Bertz CT molecular complexity index is 460. The first kappa shape index (κ1) is 9.13. The highest BCUT2D eigenvalue weighted by molar-refractivity contribution is 5.94. The van der Waals surface area contributed by atoms with Crippen molar-refractivity contribution in [3.05, 3.63) is 36.8 Å². The van der Waals surface area contributed by atoms with Crippen molar-refractivity contribution in [3.8, 4) is 5.82 Å². The van der Waals surface area contributed by atoms with Gasteiger partial charge in [0.2, 0.25) is 0 Å². The van der Waals surface area contributed by atoms with Crippen molar-refractivity contribution in [2.75, 3.05) is 0 Å². The van der Waals surface area contributed by atoms with E-state index in [1.807, 2.05) is 0 Å². The van der Waals surface area contributed by atoms with Crippen LogP contribution in [0.1, 0.15) is 5.69 Å². The van der Waals surface area contributed by atoms with Gasteiger partial charge in [0.15, 0.2) is 11.7 Å². The first-order chi connectivity index (χ1) is 7.31. The maximum Gasteiger partial charge on any atom is 0.190 e. The van der Waals surface area contributed by atoms with Crippen LogP contribution in [0, 0.1) is 0 Å². The Hall–Kier alpha value is -2.44. The number of rotatable bonds is 2. The number of oxime groups is 1. The van der Waals surface area contributed by atoms with Crippen LogP contribution in [0.25, 0.3) is 5.82 Å². The Morgan fingerprint density at radius 3 is 2.80 bits per heavy atom. The highest BCUT2D eigenvalue weighted by atomic mass is 16.4. The maximum atomic E-state index is 8.42. The summed E-state index contributed by atoms with van der Waals surface area (Å²) in [5.41, 5.74) is 5.66. The van der Waals surface area contributed by atoms with Gasteiger partial charge in [-0.3, -0.25) is 4.57 Å². The lowest BCUT2D eigenvalue weighted by Crippen LogP contribution is -2.15. The van der Waals surface area contributed by atoms with E-state index in [1.54, 1.807) is 23.3 Å². The molecule has 0 aliphatic heterocycles. The van der Waals surface area contributed by atoms with Crippen LogP contribution in [-0.4, -0.2) is 30.6 Å². The minimum absolute atomic E-state index is 0.0697. The van der Waals surface area contributed by atoms with Gasteiger partial charge in [0.25, 0.3) is 0 Å². The molecule has 2 aromatic heterocycles. The number of aromatic nitrogens is 4. The number of amidine groups is 1. The van der Waals surface area contributed by atoms with Gasteiger partial charge in [0, 0.05) is 12.4 Å². The quantitative estimate of drug-likeness (QED) is 0.304. The molecule has 0 unspecified atom stereocenters. The second-order valence-corrected chi connectivity index (χ2v) is 2.72. The number of hydrogen-bond acceptors (Lipinski definition) is 5. The van der Waals surface area contributed by atoms with Crippen LogP contribution in [0.2, 0.25) is 0 Å². The maximum absolute atomic E-state index is 8.42. The highest BCUT2D eigenvalue weighted by Gasteiger charge is 2.02. The van der Waals surface area contributed by atoms with Crippen LogP contribution in [-0.2, 0) is 0 Å². The van der Waals surface area contributed by atoms with Gasteiger partial charge in [-0.05, 0) is 0 Å². The predicted octanol–water partition coefficient (Wildman–Crippen LogP) is -0.243. The molecule has 3 N–H and O–H groups in total. The molecule has 2 rings (SSSR count). The molecule has 0 radical (unpaired) electrons. The number of nitrogens with zero attached hydrogens (tertiary/aromatic N) is 5. The van der Waals surface area contributed by atoms with Gasteiger partial charge in [-0.15, -0.1) is 0 Å². The molecule has 0 aliphatic rings. The monoisotopic (exact) mass is 204 g/mol. The number of hydrogen-bond donors (Lipinski definition) is 2. The molecule has 2 heterocycles. The Labute approximate surface area is 84.9 Å². The summed E-state index contributed by atoms with van der Waals surface area (Å²) in [5.74, 6) is 0.543. The first-order valence-electron chi connectivity index (χ1n) is 4.09. The van der Waals surface area contributed by atoms with E-state index in [0.717, 1.165) is 0 Å². The summed E-state index contributed by atoms with van der Waals surface area (Å²) in [6.45, 7) is 0. The Kier molecular flexibility index (Phi) is 2.28. The summed E-state index contributed by atoms with van der Waals surface area (Å²) in [6.07, 6.45) is 7.92. The zero-order valence-corrected chi connectivity index (χ0v) is 7.65. The molecule has 0 aromatic carbocycles. The molecule has 0 atom stereocenters. The fourth-order valence-electron chi connectivity index (χ4n) is 1.03. The Morgan fingerprint density at radius 2 is 2.27 bits per heavy atom. The summed E-state index contributed by atoms with van der Waals surface area (Å²) < 4.78 is 1.70. The first-order valence-corrected chi connectivity index (χ1v) is 4.09. The average Bonchev–Trinajstić information content (AvgIpc) is 2.82. The molecule has 0 amide bonds. The van der Waals surface area contributed by atoms with E-state index < -0.39 is 0 Å².